The van der Waals surface area contributed by atoms with Crippen LogP contribution in [0, 0.1) is 0 Å². The lowest BCUT2D eigenvalue weighted by atomic mass is 10.1. The predicted molar refractivity (Wildman–Crippen MR) is 84.7 cm³/mol. The minimum Gasteiger partial charge on any atom is -0.457 e. The lowest BCUT2D eigenvalue weighted by Gasteiger charge is -2.07. The summed E-state index contributed by atoms with van der Waals surface area (Å²) in [6, 6.07) is 17.1. The van der Waals surface area contributed by atoms with Crippen molar-refractivity contribution in [2.24, 2.45) is 17.3 Å². The standard InChI is InChI=1S/C16H18N4O/c17-15(10-11-16(18)20-19)12-6-8-14(9-7-12)21-13-4-2-1-3-5-13/h1-11,20H,17-19H2/b15-10-,16-11+. The van der Waals surface area contributed by atoms with Gasteiger partial charge in [-0.05, 0) is 54.1 Å². The summed E-state index contributed by atoms with van der Waals surface area (Å²) in [5.74, 6) is 7.03. The van der Waals surface area contributed by atoms with Crippen LogP contribution in [0.3, 0.4) is 0 Å². The van der Waals surface area contributed by atoms with Gasteiger partial charge in [-0.2, -0.15) is 0 Å². The summed E-state index contributed by atoms with van der Waals surface area (Å²) in [7, 11) is 0. The Bertz CT molecular complexity index is 633. The van der Waals surface area contributed by atoms with E-state index in [0.29, 0.717) is 11.5 Å². The number of hydrazine groups is 1. The molecule has 2 rings (SSSR count). The van der Waals surface area contributed by atoms with E-state index in [1.165, 1.54) is 0 Å². The van der Waals surface area contributed by atoms with Crippen molar-refractivity contribution in [3.05, 3.63) is 78.1 Å². The van der Waals surface area contributed by atoms with Crippen LogP contribution in [0.25, 0.3) is 5.70 Å². The summed E-state index contributed by atoms with van der Waals surface area (Å²) in [4.78, 5) is 0. The molecule has 0 fully saturated rings. The average Bonchev–Trinajstić information content (AvgIpc) is 2.54. The molecule has 0 aliphatic heterocycles. The van der Waals surface area contributed by atoms with Crippen molar-refractivity contribution in [2.75, 3.05) is 0 Å². The van der Waals surface area contributed by atoms with Gasteiger partial charge in [-0.3, -0.25) is 0 Å². The molecule has 0 saturated heterocycles. The van der Waals surface area contributed by atoms with E-state index in [4.69, 9.17) is 22.0 Å². The van der Waals surface area contributed by atoms with Gasteiger partial charge in [0.2, 0.25) is 0 Å². The molecule has 0 spiro atoms. The van der Waals surface area contributed by atoms with Crippen LogP contribution in [0.2, 0.25) is 0 Å². The average molecular weight is 282 g/mol. The van der Waals surface area contributed by atoms with Gasteiger partial charge in [-0.25, -0.2) is 5.84 Å². The Morgan fingerprint density at radius 3 is 2.10 bits per heavy atom. The van der Waals surface area contributed by atoms with E-state index in [1.54, 1.807) is 12.2 Å². The molecule has 0 bridgehead atoms. The SMILES string of the molecule is NN/C(N)=C/C=C(\N)c1ccc(Oc2ccccc2)cc1. The number of allylic oxidation sites excluding steroid dienone is 2. The van der Waals surface area contributed by atoms with Crippen molar-refractivity contribution in [1.82, 2.24) is 5.43 Å². The molecule has 0 saturated carbocycles. The summed E-state index contributed by atoms with van der Waals surface area (Å²) >= 11 is 0. The first kappa shape index (κ1) is 14.5. The first-order valence-electron chi connectivity index (χ1n) is 6.42. The fourth-order valence-electron chi connectivity index (χ4n) is 1.66. The zero-order chi connectivity index (χ0) is 15.1. The lowest BCUT2D eigenvalue weighted by Crippen LogP contribution is -2.26. The minimum absolute atomic E-state index is 0.335. The number of nitrogens with two attached hydrogens (primary N) is 3. The van der Waals surface area contributed by atoms with Crippen molar-refractivity contribution >= 4 is 5.70 Å². The van der Waals surface area contributed by atoms with E-state index in [0.717, 1.165) is 17.1 Å². The molecular weight excluding hydrogens is 264 g/mol. The summed E-state index contributed by atoms with van der Waals surface area (Å²) in [5.41, 5.74) is 15.2. The second-order valence-corrected chi connectivity index (χ2v) is 4.33. The molecule has 5 heteroatoms. The van der Waals surface area contributed by atoms with Gasteiger partial charge in [0.15, 0.2) is 0 Å². The molecule has 7 N–H and O–H groups in total. The first-order chi connectivity index (χ1) is 10.2. The van der Waals surface area contributed by atoms with Crippen LogP contribution in [0.4, 0.5) is 0 Å². The molecule has 21 heavy (non-hydrogen) atoms. The number of ether oxygens (including phenoxy) is 1. The van der Waals surface area contributed by atoms with Crippen molar-refractivity contribution in [3.8, 4) is 11.5 Å². The van der Waals surface area contributed by atoms with E-state index < -0.39 is 0 Å². The third-order valence-corrected chi connectivity index (χ3v) is 2.78. The summed E-state index contributed by atoms with van der Waals surface area (Å²) in [6.45, 7) is 0. The number of hydrogen-bond donors (Lipinski definition) is 4. The third kappa shape index (κ3) is 4.29. The van der Waals surface area contributed by atoms with E-state index in [9.17, 15) is 0 Å². The number of para-hydroxylation sites is 1. The Balaban J connectivity index is 2.08. The minimum atomic E-state index is 0.335. The summed E-state index contributed by atoms with van der Waals surface area (Å²) in [5, 5.41) is 0. The molecule has 2 aromatic carbocycles. The summed E-state index contributed by atoms with van der Waals surface area (Å²) in [6.07, 6.45) is 3.28. The Kier molecular flexibility index (Phi) is 4.84. The highest BCUT2D eigenvalue weighted by atomic mass is 16.5. The maximum absolute atomic E-state index is 5.95. The Morgan fingerprint density at radius 2 is 1.48 bits per heavy atom. The van der Waals surface area contributed by atoms with Gasteiger partial charge in [-0.15, -0.1) is 0 Å². The normalized spacial score (nSPS) is 12.0. The highest BCUT2D eigenvalue weighted by Gasteiger charge is 1.99. The van der Waals surface area contributed by atoms with Gasteiger partial charge in [0.1, 0.15) is 17.3 Å². The lowest BCUT2D eigenvalue weighted by molar-refractivity contribution is 0.482. The first-order valence-corrected chi connectivity index (χ1v) is 6.42. The second-order valence-electron chi connectivity index (χ2n) is 4.33. The Morgan fingerprint density at radius 1 is 0.857 bits per heavy atom. The molecular formula is C16H18N4O. The number of nitrogens with one attached hydrogen (secondary N) is 1. The van der Waals surface area contributed by atoms with Crippen LogP contribution in [-0.2, 0) is 0 Å². The van der Waals surface area contributed by atoms with Crippen molar-refractivity contribution in [3.63, 3.8) is 0 Å². The molecule has 2 aromatic rings. The van der Waals surface area contributed by atoms with Gasteiger partial charge in [0, 0.05) is 5.70 Å². The fraction of sp³-hybridized carbons (Fsp3) is 0. The maximum atomic E-state index is 5.95. The molecule has 0 radical (unpaired) electrons. The quantitative estimate of drug-likeness (QED) is 0.382. The molecule has 0 aromatic heterocycles. The highest BCUT2D eigenvalue weighted by Crippen LogP contribution is 2.22. The van der Waals surface area contributed by atoms with E-state index in [2.05, 4.69) is 5.43 Å². The predicted octanol–water partition coefficient (Wildman–Crippen LogP) is 2.04. The van der Waals surface area contributed by atoms with Crippen LogP contribution < -0.4 is 27.5 Å². The van der Waals surface area contributed by atoms with Gasteiger partial charge < -0.3 is 21.6 Å². The van der Waals surface area contributed by atoms with Crippen molar-refractivity contribution in [1.29, 1.82) is 0 Å². The third-order valence-electron chi connectivity index (χ3n) is 2.78. The van der Waals surface area contributed by atoms with Crippen LogP contribution in [0.1, 0.15) is 5.56 Å². The van der Waals surface area contributed by atoms with Gasteiger partial charge in [0.05, 0.1) is 0 Å². The van der Waals surface area contributed by atoms with Crippen LogP contribution in [-0.4, -0.2) is 0 Å². The van der Waals surface area contributed by atoms with Gasteiger partial charge in [-0.1, -0.05) is 18.2 Å². The van der Waals surface area contributed by atoms with Crippen LogP contribution >= 0.6 is 0 Å². The topological polar surface area (TPSA) is 99.3 Å². The molecule has 0 atom stereocenters. The van der Waals surface area contributed by atoms with Gasteiger partial charge in [0.25, 0.3) is 0 Å². The fourth-order valence-corrected chi connectivity index (χ4v) is 1.66. The number of hydrogen-bond acceptors (Lipinski definition) is 5. The highest BCUT2D eigenvalue weighted by molar-refractivity contribution is 5.64. The molecule has 0 unspecified atom stereocenters. The molecule has 0 amide bonds. The van der Waals surface area contributed by atoms with Crippen LogP contribution in [0.5, 0.6) is 11.5 Å². The molecule has 0 aliphatic carbocycles. The van der Waals surface area contributed by atoms with Crippen molar-refractivity contribution < 1.29 is 4.74 Å². The number of rotatable bonds is 5. The zero-order valence-electron chi connectivity index (χ0n) is 11.5. The molecule has 0 aliphatic rings. The maximum Gasteiger partial charge on any atom is 0.127 e. The van der Waals surface area contributed by atoms with Crippen molar-refractivity contribution in [2.45, 2.75) is 0 Å². The summed E-state index contributed by atoms with van der Waals surface area (Å²) < 4.78 is 5.71. The van der Waals surface area contributed by atoms with E-state index >= 15 is 0 Å². The van der Waals surface area contributed by atoms with Crippen LogP contribution in [0.15, 0.2) is 72.6 Å². The monoisotopic (exact) mass is 282 g/mol. The molecule has 0 heterocycles. The Labute approximate surface area is 123 Å². The van der Waals surface area contributed by atoms with E-state index in [1.807, 2.05) is 54.6 Å². The Hall–Kier alpha value is -2.92. The molecule has 5 nitrogen and oxygen atoms in total. The second kappa shape index (κ2) is 7.02. The zero-order valence-corrected chi connectivity index (χ0v) is 11.5. The largest absolute Gasteiger partial charge is 0.457 e. The molecule has 108 valence electrons. The van der Waals surface area contributed by atoms with E-state index in [-0.39, 0.29) is 0 Å². The number of benzene rings is 2. The smallest absolute Gasteiger partial charge is 0.127 e. The van der Waals surface area contributed by atoms with Gasteiger partial charge >= 0.3 is 0 Å².